The fourth-order valence-corrected chi connectivity index (χ4v) is 3.28. The number of rotatable bonds is 7. The number of nitrogens with one attached hydrogen (secondary N) is 1. The monoisotopic (exact) mass is 328 g/mol. The first-order chi connectivity index (χ1) is 11.7. The number of carbonyl (C=O) groups excluding carboxylic acids is 1. The Labute approximate surface area is 142 Å². The van der Waals surface area contributed by atoms with Gasteiger partial charge >= 0.3 is 0 Å². The maximum atomic E-state index is 11.8. The zero-order chi connectivity index (χ0) is 16.8. The molecule has 0 radical (unpaired) electrons. The Kier molecular flexibility index (Phi) is 5.53. The third-order valence-corrected chi connectivity index (χ3v) is 4.61. The molecular weight excluding hydrogens is 304 g/mol. The van der Waals surface area contributed by atoms with Crippen LogP contribution in [0.5, 0.6) is 0 Å². The molecular formula is C17H24N6O. The molecule has 1 N–H and O–H groups in total. The summed E-state index contributed by atoms with van der Waals surface area (Å²) in [5.74, 6) is 0.655. The second-order valence-corrected chi connectivity index (χ2v) is 6.32. The van der Waals surface area contributed by atoms with Gasteiger partial charge in [0.25, 0.3) is 0 Å². The van der Waals surface area contributed by atoms with Gasteiger partial charge in [-0.1, -0.05) is 24.3 Å². The Morgan fingerprint density at radius 1 is 1.33 bits per heavy atom. The van der Waals surface area contributed by atoms with Gasteiger partial charge in [-0.05, 0) is 47.4 Å². The molecule has 2 aromatic rings. The van der Waals surface area contributed by atoms with E-state index in [9.17, 15) is 4.79 Å². The lowest BCUT2D eigenvalue weighted by molar-refractivity contribution is -0.121. The second kappa shape index (κ2) is 8.01. The molecule has 1 fully saturated rings. The minimum Gasteiger partial charge on any atom is -0.355 e. The van der Waals surface area contributed by atoms with E-state index in [-0.39, 0.29) is 5.91 Å². The van der Waals surface area contributed by atoms with Gasteiger partial charge in [0.15, 0.2) is 0 Å². The van der Waals surface area contributed by atoms with Crippen LogP contribution >= 0.6 is 0 Å². The predicted molar refractivity (Wildman–Crippen MR) is 90.4 cm³/mol. The van der Waals surface area contributed by atoms with Crippen molar-refractivity contribution in [2.75, 3.05) is 26.2 Å². The summed E-state index contributed by atoms with van der Waals surface area (Å²) in [6.07, 6.45) is 3.11. The van der Waals surface area contributed by atoms with Crippen molar-refractivity contribution in [1.29, 1.82) is 0 Å². The summed E-state index contributed by atoms with van der Waals surface area (Å²) in [6, 6.07) is 8.64. The summed E-state index contributed by atoms with van der Waals surface area (Å²) >= 11 is 0. The number of hydrogen-bond acceptors (Lipinski definition) is 5. The number of carbonyl (C=O) groups is 1. The van der Waals surface area contributed by atoms with Crippen LogP contribution in [-0.4, -0.2) is 57.2 Å². The number of aromatic nitrogens is 4. The van der Waals surface area contributed by atoms with Crippen LogP contribution in [0.3, 0.4) is 0 Å². The second-order valence-electron chi connectivity index (χ2n) is 6.32. The molecule has 128 valence electrons. The maximum absolute atomic E-state index is 11.8. The van der Waals surface area contributed by atoms with Gasteiger partial charge in [-0.15, -0.1) is 5.10 Å². The van der Waals surface area contributed by atoms with Gasteiger partial charge in [-0.3, -0.25) is 4.79 Å². The molecule has 0 bridgehead atoms. The Balaban J connectivity index is 1.36. The highest BCUT2D eigenvalue weighted by atomic mass is 16.1. The van der Waals surface area contributed by atoms with Gasteiger partial charge in [0.1, 0.15) is 6.33 Å². The van der Waals surface area contributed by atoms with Crippen molar-refractivity contribution < 1.29 is 4.79 Å². The van der Waals surface area contributed by atoms with E-state index < -0.39 is 0 Å². The Bertz CT molecular complexity index is 657. The molecule has 1 amide bonds. The SMILES string of the molecule is Cc1ccccc1C1CCN(CCNC(=O)CCn2cnnn2)C1. The van der Waals surface area contributed by atoms with Crippen LogP contribution < -0.4 is 5.32 Å². The Morgan fingerprint density at radius 2 is 2.21 bits per heavy atom. The number of likely N-dealkylation sites (tertiary alicyclic amines) is 1. The molecule has 1 unspecified atom stereocenters. The smallest absolute Gasteiger partial charge is 0.221 e. The van der Waals surface area contributed by atoms with Crippen molar-refractivity contribution in [3.05, 3.63) is 41.7 Å². The molecule has 2 heterocycles. The van der Waals surface area contributed by atoms with Gasteiger partial charge in [0, 0.05) is 26.1 Å². The first-order valence-electron chi connectivity index (χ1n) is 8.48. The average Bonchev–Trinajstić information content (AvgIpc) is 3.25. The summed E-state index contributed by atoms with van der Waals surface area (Å²) in [5, 5.41) is 13.8. The molecule has 1 atom stereocenters. The molecule has 1 aromatic carbocycles. The van der Waals surface area contributed by atoms with Crippen molar-refractivity contribution in [2.45, 2.75) is 32.2 Å². The van der Waals surface area contributed by atoms with Crippen molar-refractivity contribution in [1.82, 2.24) is 30.4 Å². The van der Waals surface area contributed by atoms with Gasteiger partial charge in [-0.25, -0.2) is 4.68 Å². The molecule has 24 heavy (non-hydrogen) atoms. The van der Waals surface area contributed by atoms with Crippen LogP contribution in [0, 0.1) is 6.92 Å². The topological polar surface area (TPSA) is 75.9 Å². The molecule has 0 spiro atoms. The van der Waals surface area contributed by atoms with Crippen molar-refractivity contribution in [2.24, 2.45) is 0 Å². The number of amides is 1. The van der Waals surface area contributed by atoms with E-state index >= 15 is 0 Å². The molecule has 7 nitrogen and oxygen atoms in total. The van der Waals surface area contributed by atoms with Crippen LogP contribution in [0.25, 0.3) is 0 Å². The van der Waals surface area contributed by atoms with E-state index in [1.165, 1.54) is 23.9 Å². The molecule has 0 saturated carbocycles. The van der Waals surface area contributed by atoms with Crippen LogP contribution in [-0.2, 0) is 11.3 Å². The number of benzene rings is 1. The van der Waals surface area contributed by atoms with Gasteiger partial charge in [-0.2, -0.15) is 0 Å². The third-order valence-electron chi connectivity index (χ3n) is 4.61. The fraction of sp³-hybridized carbons (Fsp3) is 0.529. The summed E-state index contributed by atoms with van der Waals surface area (Å²) in [7, 11) is 0. The largest absolute Gasteiger partial charge is 0.355 e. The van der Waals surface area contributed by atoms with Crippen molar-refractivity contribution in [3.63, 3.8) is 0 Å². The lowest BCUT2D eigenvalue weighted by Crippen LogP contribution is -2.34. The first-order valence-corrected chi connectivity index (χ1v) is 8.48. The molecule has 3 rings (SSSR count). The average molecular weight is 328 g/mol. The Morgan fingerprint density at radius 3 is 3.00 bits per heavy atom. The van der Waals surface area contributed by atoms with E-state index in [4.69, 9.17) is 0 Å². The minimum atomic E-state index is 0.0418. The van der Waals surface area contributed by atoms with Crippen LogP contribution in [0.4, 0.5) is 0 Å². The van der Waals surface area contributed by atoms with E-state index in [1.54, 1.807) is 4.68 Å². The summed E-state index contributed by atoms with van der Waals surface area (Å²) in [6.45, 7) is 6.46. The zero-order valence-corrected chi connectivity index (χ0v) is 14.1. The minimum absolute atomic E-state index is 0.0418. The fourth-order valence-electron chi connectivity index (χ4n) is 3.28. The summed E-state index contributed by atoms with van der Waals surface area (Å²) in [5.41, 5.74) is 2.84. The molecule has 1 aliphatic rings. The molecule has 1 aliphatic heterocycles. The van der Waals surface area contributed by atoms with E-state index in [0.717, 1.165) is 19.6 Å². The number of nitrogens with zero attached hydrogens (tertiary/aromatic N) is 5. The number of tetrazole rings is 1. The highest BCUT2D eigenvalue weighted by Gasteiger charge is 2.24. The lowest BCUT2D eigenvalue weighted by atomic mass is 9.94. The van der Waals surface area contributed by atoms with E-state index in [1.807, 2.05) is 0 Å². The van der Waals surface area contributed by atoms with Gasteiger partial charge in [0.05, 0.1) is 6.54 Å². The predicted octanol–water partition coefficient (Wildman–Crippen LogP) is 0.977. The Hall–Kier alpha value is -2.28. The van der Waals surface area contributed by atoms with Crippen LogP contribution in [0.1, 0.15) is 29.9 Å². The maximum Gasteiger partial charge on any atom is 0.221 e. The zero-order valence-electron chi connectivity index (χ0n) is 14.1. The van der Waals surface area contributed by atoms with E-state index in [0.29, 0.717) is 25.4 Å². The molecule has 0 aliphatic carbocycles. The van der Waals surface area contributed by atoms with E-state index in [2.05, 4.69) is 56.9 Å². The normalized spacial score (nSPS) is 18.0. The quantitative estimate of drug-likeness (QED) is 0.820. The molecule has 7 heteroatoms. The van der Waals surface area contributed by atoms with Crippen LogP contribution in [0.2, 0.25) is 0 Å². The summed E-state index contributed by atoms with van der Waals surface area (Å²) in [4.78, 5) is 14.3. The van der Waals surface area contributed by atoms with Crippen molar-refractivity contribution in [3.8, 4) is 0 Å². The van der Waals surface area contributed by atoms with Gasteiger partial charge in [0.2, 0.25) is 5.91 Å². The first kappa shape index (κ1) is 16.6. The molecule has 1 saturated heterocycles. The number of aryl methyl sites for hydroxylation is 2. The van der Waals surface area contributed by atoms with Crippen LogP contribution in [0.15, 0.2) is 30.6 Å². The van der Waals surface area contributed by atoms with Gasteiger partial charge < -0.3 is 10.2 Å². The highest BCUT2D eigenvalue weighted by Crippen LogP contribution is 2.28. The number of hydrogen-bond donors (Lipinski definition) is 1. The standard InChI is InChI=1S/C17H24N6O/c1-14-4-2-3-5-16(14)15-6-9-22(12-15)11-8-18-17(24)7-10-23-13-19-20-21-23/h2-5,13,15H,6-12H2,1H3,(H,18,24). The van der Waals surface area contributed by atoms with Crippen molar-refractivity contribution >= 4 is 5.91 Å². The third kappa shape index (κ3) is 4.38. The lowest BCUT2D eigenvalue weighted by Gasteiger charge is -2.17. The molecule has 1 aromatic heterocycles. The summed E-state index contributed by atoms with van der Waals surface area (Å²) < 4.78 is 1.56. The highest BCUT2D eigenvalue weighted by molar-refractivity contribution is 5.75.